The molecule has 0 amide bonds. The summed E-state index contributed by atoms with van der Waals surface area (Å²) in [6.45, 7) is 20.8. The van der Waals surface area contributed by atoms with E-state index in [9.17, 15) is 0 Å². The number of fused-ring (bicyclic) bond motifs is 1. The molecule has 0 N–H and O–H groups in total. The van der Waals surface area contributed by atoms with Crippen LogP contribution in [0.2, 0.25) is 18.1 Å². The Morgan fingerprint density at radius 1 is 1.23 bits per heavy atom. The van der Waals surface area contributed by atoms with Crippen LogP contribution >= 0.6 is 0 Å². The minimum atomic E-state index is -1.81. The average Bonchev–Trinajstić information content (AvgIpc) is 2.57. The zero-order valence-corrected chi connectivity index (χ0v) is 16.8. The van der Waals surface area contributed by atoms with Crippen molar-refractivity contribution < 1.29 is 4.43 Å². The first-order chi connectivity index (χ1) is 9.94. The summed E-state index contributed by atoms with van der Waals surface area (Å²) in [5.74, 6) is 1.06. The average molecular weight is 321 g/mol. The molecule has 126 valence electrons. The van der Waals surface area contributed by atoms with Crippen LogP contribution in [0.1, 0.15) is 60.3 Å². The van der Waals surface area contributed by atoms with Gasteiger partial charge in [0.1, 0.15) is 0 Å². The molecule has 0 aliphatic heterocycles. The molecular formula is C20H36OSi. The van der Waals surface area contributed by atoms with Crippen LogP contribution < -0.4 is 0 Å². The molecule has 1 saturated carbocycles. The molecule has 1 fully saturated rings. The molecule has 2 aliphatic carbocycles. The molecular weight excluding hydrogens is 284 g/mol. The molecule has 2 rings (SSSR count). The Bertz CT molecular complexity index is 455. The third-order valence-electron chi connectivity index (χ3n) is 6.37. The molecule has 1 nitrogen and oxygen atoms in total. The fraction of sp³-hybridized carbons (Fsp3) is 0.800. The van der Waals surface area contributed by atoms with Gasteiger partial charge in [-0.15, -0.1) is 6.58 Å². The maximum Gasteiger partial charge on any atom is 0.192 e. The lowest BCUT2D eigenvalue weighted by atomic mass is 9.73. The lowest BCUT2D eigenvalue weighted by Gasteiger charge is -2.50. The van der Waals surface area contributed by atoms with Crippen molar-refractivity contribution in [1.29, 1.82) is 0 Å². The molecule has 3 atom stereocenters. The summed E-state index contributed by atoms with van der Waals surface area (Å²) in [5.41, 5.74) is 0.278. The third kappa shape index (κ3) is 3.14. The van der Waals surface area contributed by atoms with Gasteiger partial charge in [0.15, 0.2) is 8.32 Å². The van der Waals surface area contributed by atoms with Gasteiger partial charge in [-0.25, -0.2) is 0 Å². The van der Waals surface area contributed by atoms with Gasteiger partial charge >= 0.3 is 0 Å². The van der Waals surface area contributed by atoms with Crippen molar-refractivity contribution in [3.05, 3.63) is 24.8 Å². The standard InChI is InChI=1S/C20H36OSi/c1-9-16-12-13-17-11-10-14-19(5,6)15-20(16,17)21-22(7,8)18(2,3)4/h9-11,16-17H,1,12-15H2,2-8H3/t16-,17+,20+/m0/s1. The molecule has 2 aliphatic rings. The van der Waals surface area contributed by atoms with E-state index in [0.29, 0.717) is 17.3 Å². The highest BCUT2D eigenvalue weighted by atomic mass is 28.4. The fourth-order valence-corrected chi connectivity index (χ4v) is 5.78. The van der Waals surface area contributed by atoms with Gasteiger partial charge < -0.3 is 4.43 Å². The lowest BCUT2D eigenvalue weighted by molar-refractivity contribution is -0.0273. The number of hydrogen-bond donors (Lipinski definition) is 0. The quantitative estimate of drug-likeness (QED) is 0.436. The zero-order valence-electron chi connectivity index (χ0n) is 15.8. The van der Waals surface area contributed by atoms with E-state index in [0.717, 1.165) is 12.8 Å². The second kappa shape index (κ2) is 5.63. The van der Waals surface area contributed by atoms with Crippen LogP contribution in [-0.4, -0.2) is 13.9 Å². The summed E-state index contributed by atoms with van der Waals surface area (Å²) in [4.78, 5) is 0. The van der Waals surface area contributed by atoms with Crippen molar-refractivity contribution in [1.82, 2.24) is 0 Å². The molecule has 0 unspecified atom stereocenters. The maximum absolute atomic E-state index is 7.19. The van der Waals surface area contributed by atoms with Crippen molar-refractivity contribution in [3.63, 3.8) is 0 Å². The second-order valence-corrected chi connectivity index (χ2v) is 14.5. The number of allylic oxidation sites excluding steroid dienone is 1. The highest BCUT2D eigenvalue weighted by molar-refractivity contribution is 6.74. The third-order valence-corrected chi connectivity index (χ3v) is 10.9. The van der Waals surface area contributed by atoms with E-state index in [1.807, 2.05) is 0 Å². The van der Waals surface area contributed by atoms with Gasteiger partial charge in [-0.05, 0) is 49.2 Å². The molecule has 0 heterocycles. The van der Waals surface area contributed by atoms with Crippen molar-refractivity contribution in [3.8, 4) is 0 Å². The van der Waals surface area contributed by atoms with E-state index in [1.54, 1.807) is 0 Å². The summed E-state index contributed by atoms with van der Waals surface area (Å²) in [7, 11) is -1.81. The number of hydrogen-bond acceptors (Lipinski definition) is 1. The van der Waals surface area contributed by atoms with E-state index < -0.39 is 8.32 Å². The fourth-order valence-electron chi connectivity index (χ4n) is 4.15. The van der Waals surface area contributed by atoms with Gasteiger partial charge in [0.25, 0.3) is 0 Å². The van der Waals surface area contributed by atoms with Crippen LogP contribution in [0.3, 0.4) is 0 Å². The molecule has 0 spiro atoms. The Morgan fingerprint density at radius 2 is 1.86 bits per heavy atom. The van der Waals surface area contributed by atoms with Crippen molar-refractivity contribution >= 4 is 8.32 Å². The Hall–Kier alpha value is -0.343. The summed E-state index contributed by atoms with van der Waals surface area (Å²) < 4.78 is 7.19. The normalized spacial score (nSPS) is 35.0. The van der Waals surface area contributed by atoms with Gasteiger partial charge in [0, 0.05) is 11.8 Å². The maximum atomic E-state index is 7.19. The predicted molar refractivity (Wildman–Crippen MR) is 99.6 cm³/mol. The molecule has 0 aromatic carbocycles. The highest BCUT2D eigenvalue weighted by Crippen LogP contribution is 2.56. The van der Waals surface area contributed by atoms with Gasteiger partial charge in [-0.3, -0.25) is 0 Å². The first-order valence-electron chi connectivity index (χ1n) is 8.93. The van der Waals surface area contributed by atoms with Crippen LogP contribution in [-0.2, 0) is 4.43 Å². The summed E-state index contributed by atoms with van der Waals surface area (Å²) in [6.07, 6.45) is 11.8. The minimum absolute atomic E-state index is 0.0265. The Morgan fingerprint density at radius 3 is 2.41 bits per heavy atom. The highest BCUT2D eigenvalue weighted by Gasteiger charge is 2.56. The minimum Gasteiger partial charge on any atom is -0.410 e. The summed E-state index contributed by atoms with van der Waals surface area (Å²) in [6, 6.07) is 0. The number of rotatable bonds is 3. The molecule has 0 saturated heterocycles. The lowest BCUT2D eigenvalue weighted by Crippen LogP contribution is -2.54. The van der Waals surface area contributed by atoms with Crippen LogP contribution in [0.4, 0.5) is 0 Å². The Kier molecular flexibility index (Phi) is 4.61. The summed E-state index contributed by atoms with van der Waals surface area (Å²) in [5, 5.41) is 0.251. The first kappa shape index (κ1) is 18.0. The van der Waals surface area contributed by atoms with Crippen molar-refractivity contribution in [2.24, 2.45) is 17.3 Å². The van der Waals surface area contributed by atoms with E-state index in [-0.39, 0.29) is 10.6 Å². The molecule has 0 radical (unpaired) electrons. The van der Waals surface area contributed by atoms with Gasteiger partial charge in [0.2, 0.25) is 0 Å². The molecule has 0 aromatic rings. The van der Waals surface area contributed by atoms with Gasteiger partial charge in [-0.2, -0.15) is 0 Å². The predicted octanol–water partition coefficient (Wildman–Crippen LogP) is 6.34. The van der Waals surface area contributed by atoms with Crippen LogP contribution in [0.5, 0.6) is 0 Å². The van der Waals surface area contributed by atoms with Crippen molar-refractivity contribution in [2.75, 3.05) is 0 Å². The zero-order chi connectivity index (χ0) is 16.8. The van der Waals surface area contributed by atoms with Gasteiger partial charge in [-0.1, -0.05) is 52.8 Å². The molecule has 0 aromatic heterocycles. The molecule has 2 heteroatoms. The van der Waals surface area contributed by atoms with Gasteiger partial charge in [0.05, 0.1) is 5.60 Å². The van der Waals surface area contributed by atoms with Crippen LogP contribution in [0.15, 0.2) is 24.8 Å². The van der Waals surface area contributed by atoms with E-state index in [4.69, 9.17) is 4.43 Å². The van der Waals surface area contributed by atoms with E-state index >= 15 is 0 Å². The Balaban J connectivity index is 2.46. The van der Waals surface area contributed by atoms with E-state index in [2.05, 4.69) is 72.5 Å². The monoisotopic (exact) mass is 320 g/mol. The largest absolute Gasteiger partial charge is 0.410 e. The molecule has 22 heavy (non-hydrogen) atoms. The second-order valence-electron chi connectivity index (χ2n) is 9.82. The molecule has 0 bridgehead atoms. The Labute approximate surface area is 139 Å². The van der Waals surface area contributed by atoms with Crippen molar-refractivity contribution in [2.45, 2.75) is 84.0 Å². The van der Waals surface area contributed by atoms with Crippen LogP contribution in [0.25, 0.3) is 0 Å². The first-order valence-corrected chi connectivity index (χ1v) is 11.8. The SMILES string of the molecule is C=C[C@H]1CC[C@H]2C=CCC(C)(C)C[C@]21O[Si](C)(C)C(C)(C)C. The summed E-state index contributed by atoms with van der Waals surface area (Å²) >= 11 is 0. The smallest absolute Gasteiger partial charge is 0.192 e. The van der Waals surface area contributed by atoms with Crippen LogP contribution in [0, 0.1) is 17.3 Å². The topological polar surface area (TPSA) is 9.23 Å². The van der Waals surface area contributed by atoms with E-state index in [1.165, 1.54) is 12.8 Å².